The zero-order valence-corrected chi connectivity index (χ0v) is 23.4. The number of ether oxygens (including phenoxy) is 3. The van der Waals surface area contributed by atoms with Gasteiger partial charge in [-0.25, -0.2) is 9.59 Å². The summed E-state index contributed by atoms with van der Waals surface area (Å²) in [7, 11) is 0. The largest absolute Gasteiger partial charge is 0.514 e. The molecule has 0 radical (unpaired) electrons. The molecular weight excluding hydrogens is 522 g/mol. The summed E-state index contributed by atoms with van der Waals surface area (Å²) in [5.41, 5.74) is 0.259. The lowest BCUT2D eigenvalue weighted by Gasteiger charge is -2.25. The van der Waals surface area contributed by atoms with E-state index in [1.165, 1.54) is 24.3 Å². The molecular formula is C28H35N3O9. The van der Waals surface area contributed by atoms with Crippen LogP contribution in [0, 0.1) is 22.0 Å². The van der Waals surface area contributed by atoms with Gasteiger partial charge >= 0.3 is 12.2 Å². The van der Waals surface area contributed by atoms with Crippen molar-refractivity contribution >= 4 is 35.3 Å². The molecule has 0 aliphatic rings. The van der Waals surface area contributed by atoms with Crippen molar-refractivity contribution in [1.29, 1.82) is 0 Å². The molecule has 2 amide bonds. The van der Waals surface area contributed by atoms with Gasteiger partial charge in [0.25, 0.3) is 5.69 Å². The van der Waals surface area contributed by atoms with Crippen molar-refractivity contribution in [3.8, 4) is 5.75 Å². The highest BCUT2D eigenvalue weighted by Gasteiger charge is 2.29. The first-order chi connectivity index (χ1) is 18.6. The standard InChI is InChI=1S/C28H35N3O9/c1-17(2)24(30-26(34)40-28(4,5)6)23(32)15-18(3)25(33)29-20-9-7-19(8-10-20)16-38-27(35)39-22-13-11-21(12-14-22)31(36)37/h7-14,17-18,24H,15-16H2,1-6H3,(H,29,33)(H,30,34)/t18-,24+/m1/s1. The molecule has 0 spiro atoms. The molecule has 0 aliphatic heterocycles. The molecule has 2 aromatic carbocycles. The number of amides is 2. The van der Waals surface area contributed by atoms with Crippen molar-refractivity contribution in [2.75, 3.05) is 5.32 Å². The van der Waals surface area contributed by atoms with Gasteiger partial charge in [0.15, 0.2) is 5.78 Å². The smallest absolute Gasteiger partial charge is 0.444 e. The van der Waals surface area contributed by atoms with Crippen LogP contribution < -0.4 is 15.4 Å². The molecule has 0 heterocycles. The monoisotopic (exact) mass is 557 g/mol. The van der Waals surface area contributed by atoms with Crippen molar-refractivity contribution in [1.82, 2.24) is 5.32 Å². The van der Waals surface area contributed by atoms with Gasteiger partial charge in [0.2, 0.25) is 5.91 Å². The number of non-ortho nitro benzene ring substituents is 1. The van der Waals surface area contributed by atoms with Crippen LogP contribution >= 0.6 is 0 Å². The van der Waals surface area contributed by atoms with Crippen LogP contribution in [0.5, 0.6) is 5.75 Å². The van der Waals surface area contributed by atoms with E-state index in [0.29, 0.717) is 11.3 Å². The van der Waals surface area contributed by atoms with Crippen LogP contribution in [0.3, 0.4) is 0 Å². The molecule has 2 rings (SSSR count). The van der Waals surface area contributed by atoms with E-state index >= 15 is 0 Å². The molecule has 216 valence electrons. The SMILES string of the molecule is CC(C)[C@H](NC(=O)OC(C)(C)C)C(=O)C[C@@H](C)C(=O)Nc1ccc(COC(=O)Oc2ccc([N+](=O)[O-])cc2)cc1. The third-order valence-electron chi connectivity index (χ3n) is 5.47. The zero-order chi connectivity index (χ0) is 30.0. The van der Waals surface area contributed by atoms with Gasteiger partial charge < -0.3 is 24.8 Å². The first-order valence-electron chi connectivity index (χ1n) is 12.7. The van der Waals surface area contributed by atoms with Gasteiger partial charge in [-0.1, -0.05) is 32.9 Å². The predicted molar refractivity (Wildman–Crippen MR) is 146 cm³/mol. The molecule has 12 nitrogen and oxygen atoms in total. The number of carbonyl (C=O) groups excluding carboxylic acids is 4. The van der Waals surface area contributed by atoms with E-state index < -0.39 is 34.7 Å². The van der Waals surface area contributed by atoms with E-state index in [-0.39, 0.29) is 42.1 Å². The van der Waals surface area contributed by atoms with E-state index in [1.807, 2.05) is 0 Å². The maximum Gasteiger partial charge on any atom is 0.514 e. The quantitative estimate of drug-likeness (QED) is 0.159. The Morgan fingerprint density at radius 2 is 1.55 bits per heavy atom. The lowest BCUT2D eigenvalue weighted by atomic mass is 9.93. The minimum absolute atomic E-state index is 0.0761. The third-order valence-corrected chi connectivity index (χ3v) is 5.47. The number of nitrogens with one attached hydrogen (secondary N) is 2. The Morgan fingerprint density at radius 3 is 2.08 bits per heavy atom. The summed E-state index contributed by atoms with van der Waals surface area (Å²) in [6, 6.07) is 10.7. The fourth-order valence-electron chi connectivity index (χ4n) is 3.43. The number of alkyl carbamates (subject to hydrolysis) is 1. The highest BCUT2D eigenvalue weighted by Crippen LogP contribution is 2.19. The fourth-order valence-corrected chi connectivity index (χ4v) is 3.43. The maximum absolute atomic E-state index is 12.9. The highest BCUT2D eigenvalue weighted by molar-refractivity contribution is 5.97. The van der Waals surface area contributed by atoms with Crippen LogP contribution in [0.25, 0.3) is 0 Å². The Kier molecular flexibility index (Phi) is 11.2. The van der Waals surface area contributed by atoms with Crippen LogP contribution in [0.4, 0.5) is 21.0 Å². The predicted octanol–water partition coefficient (Wildman–Crippen LogP) is 5.39. The Bertz CT molecular complexity index is 1200. The van der Waals surface area contributed by atoms with E-state index in [4.69, 9.17) is 14.2 Å². The third kappa shape index (κ3) is 10.7. The van der Waals surface area contributed by atoms with Gasteiger partial charge in [-0.05, 0) is 56.5 Å². The molecule has 0 fully saturated rings. The molecule has 40 heavy (non-hydrogen) atoms. The lowest BCUT2D eigenvalue weighted by Crippen LogP contribution is -2.47. The summed E-state index contributed by atoms with van der Waals surface area (Å²) >= 11 is 0. The molecule has 12 heteroatoms. The van der Waals surface area contributed by atoms with Crippen LogP contribution in [0.1, 0.15) is 53.5 Å². The van der Waals surface area contributed by atoms with Crippen molar-refractivity contribution in [3.63, 3.8) is 0 Å². The first-order valence-corrected chi connectivity index (χ1v) is 12.7. The van der Waals surface area contributed by atoms with Crippen LogP contribution in [-0.2, 0) is 25.7 Å². The Morgan fingerprint density at radius 1 is 0.950 bits per heavy atom. The summed E-state index contributed by atoms with van der Waals surface area (Å²) in [4.78, 5) is 59.7. The van der Waals surface area contributed by atoms with Crippen molar-refractivity contribution < 1.29 is 38.3 Å². The average Bonchev–Trinajstić information content (AvgIpc) is 2.85. The van der Waals surface area contributed by atoms with Crippen LogP contribution in [0.2, 0.25) is 0 Å². The highest BCUT2D eigenvalue weighted by atomic mass is 16.7. The van der Waals surface area contributed by atoms with E-state index in [2.05, 4.69) is 10.6 Å². The normalized spacial score (nSPS) is 12.6. The van der Waals surface area contributed by atoms with Gasteiger partial charge in [-0.2, -0.15) is 0 Å². The maximum atomic E-state index is 12.9. The molecule has 0 aromatic heterocycles. The average molecular weight is 558 g/mol. The second kappa shape index (κ2) is 14.1. The Hall–Kier alpha value is -4.48. The molecule has 0 unspecified atom stereocenters. The minimum atomic E-state index is -0.981. The number of hydrogen-bond acceptors (Lipinski definition) is 9. The van der Waals surface area contributed by atoms with Gasteiger partial charge in [0.1, 0.15) is 18.0 Å². The lowest BCUT2D eigenvalue weighted by molar-refractivity contribution is -0.384. The van der Waals surface area contributed by atoms with E-state index in [0.717, 1.165) is 0 Å². The summed E-state index contributed by atoms with van der Waals surface area (Å²) in [6.45, 7) is 10.3. The zero-order valence-electron chi connectivity index (χ0n) is 23.4. The second-order valence-electron chi connectivity index (χ2n) is 10.5. The molecule has 0 aliphatic carbocycles. The van der Waals surface area contributed by atoms with Crippen LogP contribution in [0.15, 0.2) is 48.5 Å². The van der Waals surface area contributed by atoms with E-state index in [9.17, 15) is 29.3 Å². The summed E-state index contributed by atoms with van der Waals surface area (Å²) in [5.74, 6) is -1.41. The fraction of sp³-hybridized carbons (Fsp3) is 0.429. The van der Waals surface area contributed by atoms with Gasteiger partial charge in [-0.15, -0.1) is 0 Å². The molecule has 0 saturated carbocycles. The van der Waals surface area contributed by atoms with Gasteiger partial charge in [-0.3, -0.25) is 19.7 Å². The molecule has 2 atom stereocenters. The topological polar surface area (TPSA) is 163 Å². The number of Topliss-reactive ketones (excluding diaryl/α,β-unsaturated/α-hetero) is 1. The number of benzene rings is 2. The number of nitrogens with zero attached hydrogens (tertiary/aromatic N) is 1. The first kappa shape index (κ1) is 31.7. The number of rotatable bonds is 11. The van der Waals surface area contributed by atoms with Gasteiger partial charge in [0.05, 0.1) is 11.0 Å². The Balaban J connectivity index is 1.84. The van der Waals surface area contributed by atoms with Crippen molar-refractivity contribution in [2.45, 2.75) is 66.2 Å². The summed E-state index contributed by atoms with van der Waals surface area (Å²) in [5, 5.41) is 16.0. The number of carbonyl (C=O) groups is 4. The molecule has 2 N–H and O–H groups in total. The second-order valence-corrected chi connectivity index (χ2v) is 10.5. The molecule has 0 saturated heterocycles. The van der Waals surface area contributed by atoms with Crippen LogP contribution in [-0.4, -0.2) is 40.5 Å². The number of hydrogen-bond donors (Lipinski definition) is 2. The number of nitro groups is 1. The summed E-state index contributed by atoms with van der Waals surface area (Å²) < 4.78 is 15.3. The van der Waals surface area contributed by atoms with Crippen molar-refractivity contribution in [3.05, 3.63) is 64.2 Å². The molecule has 0 bridgehead atoms. The number of nitro benzene ring substituents is 1. The molecule has 2 aromatic rings. The minimum Gasteiger partial charge on any atom is -0.444 e. The number of anilines is 1. The Labute approximate surface area is 232 Å². The van der Waals surface area contributed by atoms with Crippen molar-refractivity contribution in [2.24, 2.45) is 11.8 Å². The number of ketones is 1. The van der Waals surface area contributed by atoms with E-state index in [1.54, 1.807) is 65.8 Å². The summed E-state index contributed by atoms with van der Waals surface area (Å²) in [6.07, 6.45) is -1.75. The van der Waals surface area contributed by atoms with Gasteiger partial charge in [0, 0.05) is 30.2 Å².